The molecule has 1 saturated heterocycles. The predicted octanol–water partition coefficient (Wildman–Crippen LogP) is 4.74. The number of thiazole rings is 1. The molecule has 5 nitrogen and oxygen atoms in total. The molecule has 0 unspecified atom stereocenters. The van der Waals surface area contributed by atoms with Crippen LogP contribution in [0.1, 0.15) is 54.4 Å². The minimum atomic E-state index is 0. The van der Waals surface area contributed by atoms with E-state index < -0.39 is 0 Å². The largest absolute Gasteiger partial charge is 0.357 e. The fraction of sp³-hybridized carbons (Fsp3) is 0.565. The van der Waals surface area contributed by atoms with Gasteiger partial charge < -0.3 is 10.6 Å². The molecule has 0 radical (unpaired) electrons. The molecule has 1 aliphatic rings. The van der Waals surface area contributed by atoms with Gasteiger partial charge in [0.15, 0.2) is 5.96 Å². The number of likely N-dealkylation sites (tertiary alicyclic amines) is 1. The monoisotopic (exact) mass is 541 g/mol. The van der Waals surface area contributed by atoms with Crippen molar-refractivity contribution < 1.29 is 0 Å². The Balaban J connectivity index is 0.00000320. The Morgan fingerprint density at radius 2 is 1.83 bits per heavy atom. The van der Waals surface area contributed by atoms with Gasteiger partial charge in [0.05, 0.1) is 11.6 Å². The third-order valence-electron chi connectivity index (χ3n) is 5.17. The van der Waals surface area contributed by atoms with E-state index in [1.165, 1.54) is 48.5 Å². The molecule has 7 heteroatoms. The topological polar surface area (TPSA) is 52.6 Å². The first-order valence-electron chi connectivity index (χ1n) is 11.0. The van der Waals surface area contributed by atoms with E-state index in [-0.39, 0.29) is 24.0 Å². The second-order valence-corrected chi connectivity index (χ2v) is 8.70. The summed E-state index contributed by atoms with van der Waals surface area (Å²) in [6.07, 6.45) is 6.15. The van der Waals surface area contributed by atoms with E-state index in [9.17, 15) is 0 Å². The molecule has 2 aromatic rings. The number of nitrogens with zero attached hydrogens (tertiary/aromatic N) is 3. The number of piperidine rings is 1. The maximum atomic E-state index is 4.75. The number of aryl methyl sites for hydroxylation is 2. The zero-order valence-corrected chi connectivity index (χ0v) is 21.5. The van der Waals surface area contributed by atoms with Crippen LogP contribution in [0.25, 0.3) is 0 Å². The molecule has 0 atom stereocenters. The molecule has 1 aromatic heterocycles. The second kappa shape index (κ2) is 14.0. The third-order valence-corrected chi connectivity index (χ3v) is 6.19. The summed E-state index contributed by atoms with van der Waals surface area (Å²) in [6.45, 7) is 10.2. The van der Waals surface area contributed by atoms with Gasteiger partial charge in [0.2, 0.25) is 0 Å². The lowest BCUT2D eigenvalue weighted by atomic mass is 10.1. The molecule has 166 valence electrons. The Morgan fingerprint density at radius 3 is 2.50 bits per heavy atom. The highest BCUT2D eigenvalue weighted by atomic mass is 127. The smallest absolute Gasteiger partial charge is 0.191 e. The fourth-order valence-corrected chi connectivity index (χ4v) is 4.42. The molecule has 0 aliphatic carbocycles. The minimum absolute atomic E-state index is 0. The Morgan fingerprint density at radius 1 is 1.10 bits per heavy atom. The van der Waals surface area contributed by atoms with Crippen LogP contribution in [0, 0.1) is 6.92 Å². The molecule has 2 N–H and O–H groups in total. The predicted molar refractivity (Wildman–Crippen MR) is 139 cm³/mol. The number of hydrogen-bond acceptors (Lipinski definition) is 4. The summed E-state index contributed by atoms with van der Waals surface area (Å²) < 4.78 is 0. The molecule has 30 heavy (non-hydrogen) atoms. The van der Waals surface area contributed by atoms with Crippen LogP contribution in [0.2, 0.25) is 0 Å². The van der Waals surface area contributed by atoms with E-state index in [1.54, 1.807) is 11.3 Å². The van der Waals surface area contributed by atoms with Crippen LogP contribution in [-0.4, -0.2) is 42.0 Å². The van der Waals surface area contributed by atoms with Crippen LogP contribution in [0.5, 0.6) is 0 Å². The number of guanidine groups is 1. The summed E-state index contributed by atoms with van der Waals surface area (Å²) in [7, 11) is 0. The maximum absolute atomic E-state index is 4.75. The van der Waals surface area contributed by atoms with Gasteiger partial charge in [-0.2, -0.15) is 0 Å². The number of halogens is 1. The zero-order valence-electron chi connectivity index (χ0n) is 18.3. The van der Waals surface area contributed by atoms with Gasteiger partial charge in [0, 0.05) is 37.1 Å². The number of aliphatic imine (C=N–C) groups is 1. The van der Waals surface area contributed by atoms with Crippen molar-refractivity contribution in [1.29, 1.82) is 0 Å². The van der Waals surface area contributed by atoms with Crippen LogP contribution in [-0.2, 0) is 19.5 Å². The average molecular weight is 542 g/mol. The van der Waals surface area contributed by atoms with E-state index in [1.807, 2.05) is 6.92 Å². The van der Waals surface area contributed by atoms with E-state index in [4.69, 9.17) is 4.99 Å². The third kappa shape index (κ3) is 8.89. The summed E-state index contributed by atoms with van der Waals surface area (Å²) in [6, 6.07) is 8.96. The van der Waals surface area contributed by atoms with Crippen molar-refractivity contribution in [2.75, 3.05) is 26.2 Å². The summed E-state index contributed by atoms with van der Waals surface area (Å²) in [5.74, 6) is 0.889. The van der Waals surface area contributed by atoms with Gasteiger partial charge in [-0.15, -0.1) is 35.3 Å². The Bertz CT molecular complexity index is 753. The number of rotatable bonds is 9. The van der Waals surface area contributed by atoms with E-state index in [0.717, 1.165) is 44.1 Å². The molecule has 1 fully saturated rings. The number of aromatic nitrogens is 1. The van der Waals surface area contributed by atoms with E-state index in [0.29, 0.717) is 6.54 Å². The first kappa shape index (κ1) is 25.1. The molecule has 3 rings (SSSR count). The first-order chi connectivity index (χ1) is 14.2. The highest BCUT2D eigenvalue weighted by molar-refractivity contribution is 14.0. The Kier molecular flexibility index (Phi) is 11.7. The van der Waals surface area contributed by atoms with Gasteiger partial charge in [-0.25, -0.2) is 9.98 Å². The zero-order chi connectivity index (χ0) is 20.3. The number of nitrogens with one attached hydrogen (secondary N) is 2. The molecular formula is C23H36IN5S. The molecular weight excluding hydrogens is 505 g/mol. The second-order valence-electron chi connectivity index (χ2n) is 7.76. The fourth-order valence-electron chi connectivity index (χ4n) is 3.60. The van der Waals surface area contributed by atoms with E-state index >= 15 is 0 Å². The van der Waals surface area contributed by atoms with Crippen molar-refractivity contribution in [3.05, 3.63) is 51.5 Å². The Hall–Kier alpha value is -1.19. The van der Waals surface area contributed by atoms with Crippen molar-refractivity contribution in [2.45, 2.75) is 59.0 Å². The molecule has 1 aromatic carbocycles. The lowest BCUT2D eigenvalue weighted by Gasteiger charge is -2.26. The van der Waals surface area contributed by atoms with Crippen molar-refractivity contribution in [3.8, 4) is 0 Å². The number of hydrogen-bond donors (Lipinski definition) is 2. The summed E-state index contributed by atoms with van der Waals surface area (Å²) >= 11 is 1.75. The van der Waals surface area contributed by atoms with E-state index in [2.05, 4.69) is 57.1 Å². The minimum Gasteiger partial charge on any atom is -0.357 e. The standard InChI is InChI=1S/C23H35N5S.HI/c1-3-24-23(25-13-7-8-22-27-19(2)18-29-22)26-16-20-9-11-21(12-10-20)17-28-14-5-4-6-15-28;/h9-12,18H,3-8,13-17H2,1-2H3,(H2,24,25,26);1H. The van der Waals surface area contributed by atoms with Gasteiger partial charge in [0.1, 0.15) is 0 Å². The highest BCUT2D eigenvalue weighted by Crippen LogP contribution is 2.14. The summed E-state index contributed by atoms with van der Waals surface area (Å²) in [5.41, 5.74) is 3.78. The normalized spacial score (nSPS) is 14.9. The van der Waals surface area contributed by atoms with Crippen LogP contribution in [0.4, 0.5) is 0 Å². The maximum Gasteiger partial charge on any atom is 0.191 e. The van der Waals surface area contributed by atoms with Crippen molar-refractivity contribution in [3.63, 3.8) is 0 Å². The molecule has 2 heterocycles. The molecule has 0 saturated carbocycles. The molecule has 0 bridgehead atoms. The van der Waals surface area contributed by atoms with Gasteiger partial charge in [-0.3, -0.25) is 4.90 Å². The summed E-state index contributed by atoms with van der Waals surface area (Å²) in [5, 5.41) is 10.1. The van der Waals surface area contributed by atoms with Crippen LogP contribution in [0.3, 0.4) is 0 Å². The van der Waals surface area contributed by atoms with Crippen LogP contribution < -0.4 is 10.6 Å². The Labute approximate surface area is 202 Å². The molecule has 0 amide bonds. The number of benzene rings is 1. The lowest BCUT2D eigenvalue weighted by molar-refractivity contribution is 0.221. The van der Waals surface area contributed by atoms with Gasteiger partial charge in [0.25, 0.3) is 0 Å². The lowest BCUT2D eigenvalue weighted by Crippen LogP contribution is -2.37. The quantitative estimate of drug-likeness (QED) is 0.208. The SMILES string of the molecule is CCNC(=NCc1ccc(CN2CCCCC2)cc1)NCCCc1nc(C)cs1.I. The molecule has 1 aliphatic heterocycles. The van der Waals surface area contributed by atoms with Gasteiger partial charge >= 0.3 is 0 Å². The van der Waals surface area contributed by atoms with Crippen molar-refractivity contribution in [1.82, 2.24) is 20.5 Å². The highest BCUT2D eigenvalue weighted by Gasteiger charge is 2.10. The van der Waals surface area contributed by atoms with Gasteiger partial charge in [-0.05, 0) is 57.3 Å². The van der Waals surface area contributed by atoms with Crippen LogP contribution in [0.15, 0.2) is 34.6 Å². The van der Waals surface area contributed by atoms with Gasteiger partial charge in [-0.1, -0.05) is 30.7 Å². The average Bonchev–Trinajstić information content (AvgIpc) is 3.16. The first-order valence-corrected chi connectivity index (χ1v) is 11.8. The van der Waals surface area contributed by atoms with Crippen molar-refractivity contribution in [2.24, 2.45) is 4.99 Å². The van der Waals surface area contributed by atoms with Crippen LogP contribution >= 0.6 is 35.3 Å². The molecule has 0 spiro atoms. The van der Waals surface area contributed by atoms with Crippen molar-refractivity contribution >= 4 is 41.3 Å². The summed E-state index contributed by atoms with van der Waals surface area (Å²) in [4.78, 5) is 11.8.